The van der Waals surface area contributed by atoms with Gasteiger partial charge in [0.25, 0.3) is 0 Å². The van der Waals surface area contributed by atoms with E-state index in [1.54, 1.807) is 0 Å². The Labute approximate surface area is 88.7 Å². The Balaban J connectivity index is -0.0000000910. The van der Waals surface area contributed by atoms with Crippen LogP contribution in [0.4, 0.5) is 0 Å². The van der Waals surface area contributed by atoms with Crippen LogP contribution in [-0.4, -0.2) is 52.3 Å². The molecule has 60 valence electrons. The summed E-state index contributed by atoms with van der Waals surface area (Å²) in [4.78, 5) is 0. The number of thiol groups is 1. The number of hydrogen-bond acceptors (Lipinski definition) is 3. The van der Waals surface area contributed by atoms with Gasteiger partial charge >= 0.3 is 40.0 Å². The third-order valence-corrected chi connectivity index (χ3v) is 0. The molecular formula is C3H11NaO4S2. The molecular weight excluding hydrogens is 187 g/mol. The van der Waals surface area contributed by atoms with E-state index >= 15 is 0 Å². The van der Waals surface area contributed by atoms with E-state index in [0.717, 1.165) is 0 Å². The minimum absolute atomic E-state index is 0. The molecule has 2 N–H and O–H groups in total. The maximum absolute atomic E-state index is 8.74. The van der Waals surface area contributed by atoms with E-state index in [1.807, 2.05) is 13.8 Å². The van der Waals surface area contributed by atoms with Gasteiger partial charge in [-0.15, -0.1) is 0 Å². The van der Waals surface area contributed by atoms with Crippen LogP contribution in [-0.2, 0) is 10.4 Å². The first-order valence-electron chi connectivity index (χ1n) is 2.11. The summed E-state index contributed by atoms with van der Waals surface area (Å²) < 4.78 is 31.6. The molecule has 0 bridgehead atoms. The zero-order chi connectivity index (χ0) is 8.08. The first-order valence-corrected chi connectivity index (χ1v) is 4.02. The van der Waals surface area contributed by atoms with Gasteiger partial charge in [0, 0.05) is 0 Å². The second kappa shape index (κ2) is 8.32. The van der Waals surface area contributed by atoms with Crippen molar-refractivity contribution in [1.82, 2.24) is 0 Å². The average Bonchev–Trinajstić information content (AvgIpc) is 1.19. The van der Waals surface area contributed by atoms with E-state index in [1.165, 1.54) is 0 Å². The summed E-state index contributed by atoms with van der Waals surface area (Å²) in [6, 6.07) is 0. The molecule has 0 amide bonds. The molecule has 0 heterocycles. The molecule has 0 fully saturated rings. The van der Waals surface area contributed by atoms with Gasteiger partial charge in [0.05, 0.1) is 0 Å². The van der Waals surface area contributed by atoms with Crippen LogP contribution in [0.5, 0.6) is 0 Å². The van der Waals surface area contributed by atoms with E-state index in [4.69, 9.17) is 17.5 Å². The number of hydrogen-bond donors (Lipinski definition) is 3. The normalized spacial score (nSPS) is 9.40. The summed E-state index contributed by atoms with van der Waals surface area (Å²) in [5, 5.41) is 0.528. The fourth-order valence-electron chi connectivity index (χ4n) is 0. The van der Waals surface area contributed by atoms with Crippen molar-refractivity contribution >= 4 is 52.6 Å². The fourth-order valence-corrected chi connectivity index (χ4v) is 0. The van der Waals surface area contributed by atoms with Crippen LogP contribution in [0.15, 0.2) is 0 Å². The average molecular weight is 198 g/mol. The van der Waals surface area contributed by atoms with E-state index in [-0.39, 0.29) is 29.6 Å². The first-order chi connectivity index (χ1) is 3.73. The van der Waals surface area contributed by atoms with Gasteiger partial charge in [-0.25, -0.2) is 0 Å². The van der Waals surface area contributed by atoms with E-state index in [9.17, 15) is 0 Å². The Hall–Kier alpha value is 1.22. The van der Waals surface area contributed by atoms with Crippen molar-refractivity contribution in [2.24, 2.45) is 0 Å². The summed E-state index contributed by atoms with van der Waals surface area (Å²) in [5.41, 5.74) is 0. The summed E-state index contributed by atoms with van der Waals surface area (Å²) in [6.07, 6.45) is 0. The van der Waals surface area contributed by atoms with E-state index in [0.29, 0.717) is 5.25 Å². The van der Waals surface area contributed by atoms with Crippen molar-refractivity contribution in [3.63, 3.8) is 0 Å². The third-order valence-electron chi connectivity index (χ3n) is 0. The summed E-state index contributed by atoms with van der Waals surface area (Å²) in [7, 11) is -4.67. The van der Waals surface area contributed by atoms with Crippen LogP contribution in [0, 0.1) is 0 Å². The molecule has 0 aliphatic heterocycles. The minimum atomic E-state index is -4.67. The monoisotopic (exact) mass is 198 g/mol. The van der Waals surface area contributed by atoms with Gasteiger partial charge in [0.1, 0.15) is 0 Å². The third kappa shape index (κ3) is 419. The zero-order valence-electron chi connectivity index (χ0n) is 5.14. The predicted octanol–water partition coefficient (Wildman–Crippen LogP) is 0.0233. The summed E-state index contributed by atoms with van der Waals surface area (Å²) in [5.74, 6) is 0. The molecule has 0 aromatic heterocycles. The van der Waals surface area contributed by atoms with Crippen molar-refractivity contribution in [2.75, 3.05) is 0 Å². The molecule has 7 heteroatoms. The Morgan fingerprint density at radius 3 is 1.30 bits per heavy atom. The first kappa shape index (κ1) is 17.3. The number of rotatable bonds is 0. The summed E-state index contributed by atoms with van der Waals surface area (Å²) in [6.45, 7) is 4.06. The molecule has 0 atom stereocenters. The molecule has 10 heavy (non-hydrogen) atoms. The topological polar surface area (TPSA) is 74.6 Å². The molecule has 0 rings (SSSR count). The maximum atomic E-state index is 8.74. The van der Waals surface area contributed by atoms with Gasteiger partial charge in [-0.3, -0.25) is 9.11 Å². The van der Waals surface area contributed by atoms with Crippen molar-refractivity contribution in [3.05, 3.63) is 0 Å². The molecule has 0 aromatic rings. The van der Waals surface area contributed by atoms with Gasteiger partial charge < -0.3 is 0 Å². The van der Waals surface area contributed by atoms with Crippen LogP contribution >= 0.6 is 12.6 Å². The Morgan fingerprint density at radius 2 is 1.30 bits per heavy atom. The Morgan fingerprint density at radius 1 is 1.30 bits per heavy atom. The van der Waals surface area contributed by atoms with E-state index in [2.05, 4.69) is 12.6 Å². The Bertz CT molecular complexity index is 130. The van der Waals surface area contributed by atoms with Gasteiger partial charge in [-0.05, 0) is 5.25 Å². The van der Waals surface area contributed by atoms with Crippen LogP contribution in [0.1, 0.15) is 13.8 Å². The standard InChI is InChI=1S/C3H8S.Na.H2O4S.H/c1-3(2)4;;1-5(2,3)4;/h3-4H,1-2H3;;(H2,1,2,3,4);. The van der Waals surface area contributed by atoms with Crippen LogP contribution in [0.2, 0.25) is 0 Å². The van der Waals surface area contributed by atoms with Crippen molar-refractivity contribution in [1.29, 1.82) is 0 Å². The molecule has 0 aliphatic carbocycles. The quantitative estimate of drug-likeness (QED) is 0.291. The molecule has 0 aromatic carbocycles. The zero-order valence-corrected chi connectivity index (χ0v) is 6.85. The van der Waals surface area contributed by atoms with Gasteiger partial charge in [-0.2, -0.15) is 21.0 Å². The van der Waals surface area contributed by atoms with Crippen molar-refractivity contribution in [3.8, 4) is 0 Å². The molecule has 0 saturated heterocycles. The van der Waals surface area contributed by atoms with Crippen molar-refractivity contribution in [2.45, 2.75) is 19.1 Å². The molecule has 0 radical (unpaired) electrons. The Kier molecular flexibility index (Phi) is 14.4. The van der Waals surface area contributed by atoms with Crippen molar-refractivity contribution < 1.29 is 17.5 Å². The van der Waals surface area contributed by atoms with Gasteiger partial charge in [-0.1, -0.05) is 13.8 Å². The van der Waals surface area contributed by atoms with Gasteiger partial charge in [0.15, 0.2) is 0 Å². The fraction of sp³-hybridized carbons (Fsp3) is 1.00. The second-order valence-electron chi connectivity index (χ2n) is 1.54. The molecule has 4 nitrogen and oxygen atoms in total. The van der Waals surface area contributed by atoms with E-state index < -0.39 is 10.4 Å². The predicted molar refractivity (Wildman–Crippen MR) is 45.4 cm³/mol. The summed E-state index contributed by atoms with van der Waals surface area (Å²) >= 11 is 3.97. The van der Waals surface area contributed by atoms with Crippen LogP contribution in [0.25, 0.3) is 0 Å². The second-order valence-corrected chi connectivity index (χ2v) is 3.47. The van der Waals surface area contributed by atoms with Gasteiger partial charge in [0.2, 0.25) is 0 Å². The molecule has 0 aliphatic rings. The van der Waals surface area contributed by atoms with Crippen LogP contribution < -0.4 is 0 Å². The van der Waals surface area contributed by atoms with Crippen LogP contribution in [0.3, 0.4) is 0 Å². The molecule has 0 saturated carbocycles. The molecule has 0 spiro atoms. The molecule has 0 unspecified atom stereocenters. The SMILES string of the molecule is CC(C)S.O=S(=O)(O)O.[NaH].